The lowest BCUT2D eigenvalue weighted by Gasteiger charge is -2.08. The molecule has 1 unspecified atom stereocenters. The minimum Gasteiger partial charge on any atom is -0.322 e. The van der Waals surface area contributed by atoms with Crippen LogP contribution in [0.4, 0.5) is 0 Å². The molecule has 1 atom stereocenters. The SMILES string of the molecule is O=[PH](C/C=C/c1ccc(-c2cc(/C=C/n3c4ccccc4c4ccccc43)cc(/C=C/n3c4ccccc4c4ccccc43)c2)cc1)c1ccccc1. The molecule has 9 aromatic rings. The third-order valence-corrected chi connectivity index (χ3v) is 11.6. The molecule has 9 rings (SSSR count). The molecule has 2 aromatic heterocycles. The largest absolute Gasteiger partial charge is 0.322 e. The minimum atomic E-state index is -1.84. The van der Waals surface area contributed by atoms with Crippen molar-refractivity contribution in [2.75, 3.05) is 6.16 Å². The Balaban J connectivity index is 1.08. The third kappa shape index (κ3) is 6.48. The van der Waals surface area contributed by atoms with Crippen LogP contribution < -0.4 is 5.30 Å². The van der Waals surface area contributed by atoms with Crippen LogP contribution in [0.25, 0.3) is 85.4 Å². The van der Waals surface area contributed by atoms with E-state index >= 15 is 0 Å². The van der Waals surface area contributed by atoms with E-state index < -0.39 is 7.80 Å². The zero-order valence-corrected chi connectivity index (χ0v) is 30.1. The number of para-hydroxylation sites is 4. The van der Waals surface area contributed by atoms with E-state index in [4.69, 9.17) is 0 Å². The molecule has 0 aliphatic rings. The predicted octanol–water partition coefficient (Wildman–Crippen LogP) is 12.7. The highest BCUT2D eigenvalue weighted by Crippen LogP contribution is 2.32. The van der Waals surface area contributed by atoms with Crippen LogP contribution in [0.5, 0.6) is 0 Å². The van der Waals surface area contributed by atoms with Gasteiger partial charge in [0.1, 0.15) is 7.80 Å². The van der Waals surface area contributed by atoms with E-state index in [1.54, 1.807) is 0 Å². The summed E-state index contributed by atoms with van der Waals surface area (Å²) in [6, 6.07) is 59.5. The first kappa shape index (κ1) is 32.5. The van der Waals surface area contributed by atoms with Gasteiger partial charge in [0.25, 0.3) is 0 Å². The van der Waals surface area contributed by atoms with E-state index in [9.17, 15) is 4.57 Å². The monoisotopic (exact) mass is 700 g/mol. The van der Waals surface area contributed by atoms with Crippen molar-refractivity contribution in [1.29, 1.82) is 0 Å². The fourth-order valence-corrected chi connectivity index (χ4v) is 8.55. The standard InChI is InChI=1S/C49H37N2OP/c52-53(41-14-2-1-3-15-41)32-12-13-36-24-26-39(27-25-36)40-34-37(28-30-50-46-20-8-4-16-42(46)43-17-5-9-21-47(43)50)33-38(35-40)29-31-51-48-22-10-6-18-44(48)45-19-7-11-23-49(45)51/h1-31,33-35,53H,32H2/b13-12+,30-28+,31-29+. The summed E-state index contributed by atoms with van der Waals surface area (Å²) in [7, 11) is -1.84. The number of hydrogen-bond donors (Lipinski definition) is 0. The normalized spacial score (nSPS) is 12.8. The van der Waals surface area contributed by atoms with Crippen molar-refractivity contribution >= 4 is 87.3 Å². The zero-order chi connectivity index (χ0) is 35.6. The fourth-order valence-electron chi connectivity index (χ4n) is 7.41. The second-order valence-corrected chi connectivity index (χ2v) is 15.2. The van der Waals surface area contributed by atoms with Crippen LogP contribution in [-0.2, 0) is 4.57 Å². The van der Waals surface area contributed by atoms with Gasteiger partial charge in [-0.2, -0.15) is 0 Å². The number of nitrogens with zero attached hydrogens (tertiary/aromatic N) is 2. The van der Waals surface area contributed by atoms with Gasteiger partial charge in [0.15, 0.2) is 0 Å². The molecule has 0 amide bonds. The van der Waals surface area contributed by atoms with Gasteiger partial charge in [0.2, 0.25) is 0 Å². The number of allylic oxidation sites excluding steroid dienone is 1. The average molecular weight is 701 g/mol. The zero-order valence-electron chi connectivity index (χ0n) is 29.1. The van der Waals surface area contributed by atoms with Crippen molar-refractivity contribution in [2.24, 2.45) is 0 Å². The number of rotatable bonds is 9. The Kier molecular flexibility index (Phi) is 8.77. The van der Waals surface area contributed by atoms with Crippen molar-refractivity contribution in [1.82, 2.24) is 9.13 Å². The highest BCUT2D eigenvalue weighted by atomic mass is 31.1. The molecule has 0 aliphatic heterocycles. The summed E-state index contributed by atoms with van der Waals surface area (Å²) in [6.07, 6.45) is 13.5. The van der Waals surface area contributed by atoms with Crippen LogP contribution >= 0.6 is 7.80 Å². The van der Waals surface area contributed by atoms with Crippen molar-refractivity contribution in [2.45, 2.75) is 0 Å². The van der Waals surface area contributed by atoms with Crippen molar-refractivity contribution in [3.63, 3.8) is 0 Å². The molecular weight excluding hydrogens is 664 g/mol. The molecule has 3 nitrogen and oxygen atoms in total. The molecule has 0 radical (unpaired) electrons. The van der Waals surface area contributed by atoms with Gasteiger partial charge < -0.3 is 13.7 Å². The highest BCUT2D eigenvalue weighted by molar-refractivity contribution is 7.53. The van der Waals surface area contributed by atoms with Gasteiger partial charge in [0, 0.05) is 45.4 Å². The van der Waals surface area contributed by atoms with Crippen molar-refractivity contribution in [3.8, 4) is 11.1 Å². The predicted molar refractivity (Wildman–Crippen MR) is 230 cm³/mol. The molecule has 254 valence electrons. The molecule has 7 aromatic carbocycles. The third-order valence-electron chi connectivity index (χ3n) is 10.00. The molecule has 0 spiro atoms. The molecule has 0 saturated carbocycles. The van der Waals surface area contributed by atoms with E-state index in [0.29, 0.717) is 6.16 Å². The number of aromatic nitrogens is 2. The average Bonchev–Trinajstić information content (AvgIpc) is 3.72. The molecule has 0 aliphatic carbocycles. The Morgan fingerprint density at radius 3 is 1.32 bits per heavy atom. The lowest BCUT2D eigenvalue weighted by Crippen LogP contribution is -1.95. The molecule has 2 heterocycles. The van der Waals surface area contributed by atoms with Gasteiger partial charge >= 0.3 is 0 Å². The summed E-state index contributed by atoms with van der Waals surface area (Å²) < 4.78 is 17.4. The van der Waals surface area contributed by atoms with Crippen molar-refractivity contribution in [3.05, 3.63) is 193 Å². The molecule has 0 bridgehead atoms. The van der Waals surface area contributed by atoms with E-state index in [1.165, 1.54) is 43.6 Å². The van der Waals surface area contributed by atoms with Gasteiger partial charge in [-0.1, -0.05) is 140 Å². The number of fused-ring (bicyclic) bond motifs is 6. The Labute approximate surface area is 309 Å². The maximum absolute atomic E-state index is 12.8. The Morgan fingerprint density at radius 2 is 0.849 bits per heavy atom. The smallest absolute Gasteiger partial charge is 0.107 e. The van der Waals surface area contributed by atoms with Crippen molar-refractivity contribution < 1.29 is 4.57 Å². The van der Waals surface area contributed by atoms with Crippen LogP contribution in [-0.4, -0.2) is 15.3 Å². The maximum atomic E-state index is 12.8. The van der Waals surface area contributed by atoms with Gasteiger partial charge in [0.05, 0.1) is 22.1 Å². The van der Waals surface area contributed by atoms with Crippen LogP contribution in [0.1, 0.15) is 16.7 Å². The summed E-state index contributed by atoms with van der Waals surface area (Å²) in [5.41, 5.74) is 10.3. The summed E-state index contributed by atoms with van der Waals surface area (Å²) >= 11 is 0. The summed E-state index contributed by atoms with van der Waals surface area (Å²) in [5, 5.41) is 5.92. The fraction of sp³-hybridized carbons (Fsp3) is 0.0204. The van der Waals surface area contributed by atoms with Gasteiger partial charge in [-0.3, -0.25) is 0 Å². The minimum absolute atomic E-state index is 0.554. The molecule has 0 N–H and O–H groups in total. The first-order valence-electron chi connectivity index (χ1n) is 18.0. The lowest BCUT2D eigenvalue weighted by atomic mass is 9.98. The summed E-state index contributed by atoms with van der Waals surface area (Å²) in [6.45, 7) is 0. The van der Waals surface area contributed by atoms with E-state index in [2.05, 4.69) is 179 Å². The first-order chi connectivity index (χ1) is 26.2. The second kappa shape index (κ2) is 14.3. The van der Waals surface area contributed by atoms with E-state index in [1.807, 2.05) is 36.4 Å². The molecule has 0 saturated heterocycles. The summed E-state index contributed by atoms with van der Waals surface area (Å²) in [5.74, 6) is 0. The van der Waals surface area contributed by atoms with Crippen LogP contribution in [0.15, 0.2) is 176 Å². The van der Waals surface area contributed by atoms with Gasteiger partial charge in [-0.15, -0.1) is 0 Å². The van der Waals surface area contributed by atoms with Gasteiger partial charge in [-0.05, 0) is 82.4 Å². The van der Waals surface area contributed by atoms with Crippen LogP contribution in [0.2, 0.25) is 0 Å². The second-order valence-electron chi connectivity index (χ2n) is 13.3. The Morgan fingerprint density at radius 1 is 0.415 bits per heavy atom. The van der Waals surface area contributed by atoms with Gasteiger partial charge in [-0.25, -0.2) is 0 Å². The Hall–Kier alpha value is -6.41. The quantitative estimate of drug-likeness (QED) is 0.138. The Bertz CT molecular complexity index is 2620. The molecule has 4 heteroatoms. The molecule has 0 fully saturated rings. The first-order valence-corrected chi connectivity index (χ1v) is 19.6. The topological polar surface area (TPSA) is 26.9 Å². The van der Waals surface area contributed by atoms with Crippen LogP contribution in [0, 0.1) is 0 Å². The van der Waals surface area contributed by atoms with E-state index in [0.717, 1.165) is 33.1 Å². The summed E-state index contributed by atoms with van der Waals surface area (Å²) in [4.78, 5) is 0. The molecular formula is C49H37N2OP. The van der Waals surface area contributed by atoms with E-state index in [-0.39, 0.29) is 0 Å². The highest BCUT2D eigenvalue weighted by Gasteiger charge is 2.10. The maximum Gasteiger partial charge on any atom is 0.107 e. The number of benzene rings is 7. The molecule has 53 heavy (non-hydrogen) atoms. The lowest BCUT2D eigenvalue weighted by molar-refractivity contribution is 0.594. The number of hydrogen-bond acceptors (Lipinski definition) is 1. The van der Waals surface area contributed by atoms with Crippen LogP contribution in [0.3, 0.4) is 0 Å².